The van der Waals surface area contributed by atoms with Gasteiger partial charge in [0.25, 0.3) is 5.69 Å². The number of Topliss-reactive ketones (excluding diaryl/α,β-unsaturated/α-hetero) is 2. The Morgan fingerprint density at radius 2 is 1.96 bits per heavy atom. The second kappa shape index (κ2) is 5.78. The number of nitrogens with one attached hydrogen (secondary N) is 1. The Morgan fingerprint density at radius 3 is 2.48 bits per heavy atom. The summed E-state index contributed by atoms with van der Waals surface area (Å²) in [7, 11) is 0. The third-order valence-electron chi connectivity index (χ3n) is 3.30. The van der Waals surface area contributed by atoms with E-state index in [4.69, 9.17) is 0 Å². The number of rotatable bonds is 3. The number of hydrogen-bond donors (Lipinski definition) is 1. The van der Waals surface area contributed by atoms with Gasteiger partial charge < -0.3 is 5.32 Å². The number of ketones is 2. The summed E-state index contributed by atoms with van der Waals surface area (Å²) in [6.07, 6.45) is -4.96. The minimum absolute atomic E-state index is 0.0382. The van der Waals surface area contributed by atoms with Crippen molar-refractivity contribution < 1.29 is 32.5 Å². The molecule has 7 nitrogen and oxygen atoms in total. The molecule has 1 aromatic rings. The Labute approximate surface area is 126 Å². The molecule has 0 aliphatic carbocycles. The van der Waals surface area contributed by atoms with Crippen LogP contribution in [-0.4, -0.2) is 28.9 Å². The van der Waals surface area contributed by atoms with E-state index in [9.17, 15) is 37.7 Å². The summed E-state index contributed by atoms with van der Waals surface area (Å²) in [5, 5.41) is 13.2. The average molecular weight is 330 g/mol. The summed E-state index contributed by atoms with van der Waals surface area (Å²) in [5.41, 5.74) is -3.12. The number of amides is 1. The second-order valence-electron chi connectivity index (χ2n) is 4.79. The number of hydrogen-bond acceptors (Lipinski definition) is 5. The van der Waals surface area contributed by atoms with E-state index in [0.717, 1.165) is 0 Å². The molecule has 23 heavy (non-hydrogen) atoms. The van der Waals surface area contributed by atoms with Gasteiger partial charge in [-0.3, -0.25) is 24.5 Å². The lowest BCUT2D eigenvalue weighted by Gasteiger charge is -2.19. The number of carbonyl (C=O) groups excluding carboxylic acids is 3. The molecule has 1 aromatic carbocycles. The first-order chi connectivity index (χ1) is 10.6. The van der Waals surface area contributed by atoms with Gasteiger partial charge >= 0.3 is 6.18 Å². The zero-order valence-electron chi connectivity index (χ0n) is 11.3. The van der Waals surface area contributed by atoms with Crippen molar-refractivity contribution in [2.45, 2.75) is 12.6 Å². The third-order valence-corrected chi connectivity index (χ3v) is 3.30. The van der Waals surface area contributed by atoms with Gasteiger partial charge in [0.05, 0.1) is 16.1 Å². The second-order valence-corrected chi connectivity index (χ2v) is 4.79. The first kappa shape index (κ1) is 16.6. The van der Waals surface area contributed by atoms with Gasteiger partial charge in [-0.25, -0.2) is 0 Å². The maximum absolute atomic E-state index is 12.6. The molecule has 2 rings (SSSR count). The molecule has 1 N–H and O–H groups in total. The van der Waals surface area contributed by atoms with Crippen molar-refractivity contribution >= 4 is 23.2 Å². The van der Waals surface area contributed by atoms with Crippen LogP contribution in [0.5, 0.6) is 0 Å². The minimum atomic E-state index is -4.83. The number of carbonyl (C=O) groups is 3. The van der Waals surface area contributed by atoms with E-state index in [2.05, 4.69) is 5.32 Å². The van der Waals surface area contributed by atoms with Crippen LogP contribution in [-0.2, 0) is 15.8 Å². The topological polar surface area (TPSA) is 106 Å². The third kappa shape index (κ3) is 3.20. The molecule has 0 aromatic heterocycles. The lowest BCUT2D eigenvalue weighted by atomic mass is 9.88. The molecular formula is C13H9F3N2O5. The SMILES string of the molecule is O=C1CCNC(=O)C1C(=O)c1ccc(C(F)(F)F)cc1[N+](=O)[O-]. The van der Waals surface area contributed by atoms with Gasteiger partial charge in [0, 0.05) is 19.0 Å². The van der Waals surface area contributed by atoms with E-state index in [0.29, 0.717) is 12.1 Å². The van der Waals surface area contributed by atoms with Crippen molar-refractivity contribution in [2.24, 2.45) is 5.92 Å². The van der Waals surface area contributed by atoms with E-state index in [1.165, 1.54) is 0 Å². The molecule has 1 heterocycles. The number of piperidine rings is 1. The highest BCUT2D eigenvalue weighted by molar-refractivity contribution is 6.25. The van der Waals surface area contributed by atoms with Crippen LogP contribution in [0.15, 0.2) is 18.2 Å². The van der Waals surface area contributed by atoms with E-state index in [1.54, 1.807) is 0 Å². The van der Waals surface area contributed by atoms with Crippen LogP contribution in [0.4, 0.5) is 18.9 Å². The fraction of sp³-hybridized carbons (Fsp3) is 0.308. The highest BCUT2D eigenvalue weighted by Gasteiger charge is 2.40. The summed E-state index contributed by atoms with van der Waals surface area (Å²) >= 11 is 0. The standard InChI is InChI=1S/C13H9F3N2O5/c14-13(15,16)6-1-2-7(8(5-6)18(22)23)11(20)10-9(19)3-4-17-12(10)21/h1-2,5,10H,3-4H2,(H,17,21). The Hall–Kier alpha value is -2.78. The maximum atomic E-state index is 12.6. The first-order valence-corrected chi connectivity index (χ1v) is 6.33. The number of benzene rings is 1. The van der Waals surface area contributed by atoms with Crippen LogP contribution in [0.25, 0.3) is 0 Å². The van der Waals surface area contributed by atoms with Crippen molar-refractivity contribution in [3.8, 4) is 0 Å². The summed E-state index contributed by atoms with van der Waals surface area (Å²) in [4.78, 5) is 45.4. The van der Waals surface area contributed by atoms with Crippen LogP contribution >= 0.6 is 0 Å². The molecule has 1 aliphatic heterocycles. The molecule has 1 atom stereocenters. The van der Waals surface area contributed by atoms with Gasteiger partial charge in [0.15, 0.2) is 17.5 Å². The number of halogens is 3. The molecular weight excluding hydrogens is 321 g/mol. The minimum Gasteiger partial charge on any atom is -0.355 e. The van der Waals surface area contributed by atoms with Crippen molar-refractivity contribution in [3.63, 3.8) is 0 Å². The van der Waals surface area contributed by atoms with Crippen LogP contribution in [0.3, 0.4) is 0 Å². The summed E-state index contributed by atoms with van der Waals surface area (Å²) in [6, 6.07) is 1.31. The Bertz CT molecular complexity index is 698. The van der Waals surface area contributed by atoms with Gasteiger partial charge in [0.1, 0.15) is 0 Å². The molecule has 1 unspecified atom stereocenters. The zero-order chi connectivity index (χ0) is 17.4. The number of nitrogens with zero attached hydrogens (tertiary/aromatic N) is 1. The van der Waals surface area contributed by atoms with Crippen molar-refractivity contribution in [1.82, 2.24) is 5.32 Å². The smallest absolute Gasteiger partial charge is 0.355 e. The maximum Gasteiger partial charge on any atom is 0.416 e. The van der Waals surface area contributed by atoms with Gasteiger partial charge in [-0.2, -0.15) is 13.2 Å². The first-order valence-electron chi connectivity index (χ1n) is 6.33. The monoisotopic (exact) mass is 330 g/mol. The molecule has 1 amide bonds. The molecule has 0 bridgehead atoms. The predicted octanol–water partition coefficient (Wildman–Crippen LogP) is 1.50. The fourth-order valence-corrected chi connectivity index (χ4v) is 2.19. The quantitative estimate of drug-likeness (QED) is 0.391. The fourth-order valence-electron chi connectivity index (χ4n) is 2.19. The molecule has 0 saturated carbocycles. The van der Waals surface area contributed by atoms with E-state index < -0.39 is 51.3 Å². The highest BCUT2D eigenvalue weighted by atomic mass is 19.4. The van der Waals surface area contributed by atoms with Crippen LogP contribution < -0.4 is 5.32 Å². The molecule has 1 aliphatic rings. The van der Waals surface area contributed by atoms with Crippen LogP contribution in [0, 0.1) is 16.0 Å². The van der Waals surface area contributed by atoms with Gasteiger partial charge in [0.2, 0.25) is 5.91 Å². The van der Waals surface area contributed by atoms with Gasteiger partial charge in [-0.05, 0) is 12.1 Å². The molecule has 122 valence electrons. The van der Waals surface area contributed by atoms with E-state index in [-0.39, 0.29) is 19.0 Å². The normalized spacial score (nSPS) is 18.5. The van der Waals surface area contributed by atoms with Crippen molar-refractivity contribution in [1.29, 1.82) is 0 Å². The van der Waals surface area contributed by atoms with Gasteiger partial charge in [-0.15, -0.1) is 0 Å². The molecule has 1 fully saturated rings. The zero-order valence-corrected chi connectivity index (χ0v) is 11.3. The molecule has 1 saturated heterocycles. The Morgan fingerprint density at radius 1 is 1.30 bits per heavy atom. The summed E-state index contributed by atoms with van der Waals surface area (Å²) < 4.78 is 37.9. The van der Waals surface area contributed by atoms with Crippen molar-refractivity contribution in [3.05, 3.63) is 39.4 Å². The molecule has 0 spiro atoms. The largest absolute Gasteiger partial charge is 0.416 e. The number of nitro benzene ring substituents is 1. The lowest BCUT2D eigenvalue weighted by Crippen LogP contribution is -2.46. The predicted molar refractivity (Wildman–Crippen MR) is 68.6 cm³/mol. The average Bonchev–Trinajstić information content (AvgIpc) is 2.45. The van der Waals surface area contributed by atoms with Crippen molar-refractivity contribution in [2.75, 3.05) is 6.54 Å². The van der Waals surface area contributed by atoms with Gasteiger partial charge in [-0.1, -0.05) is 0 Å². The highest BCUT2D eigenvalue weighted by Crippen LogP contribution is 2.34. The van der Waals surface area contributed by atoms with E-state index in [1.807, 2.05) is 0 Å². The summed E-state index contributed by atoms with van der Waals surface area (Å²) in [6.45, 7) is 0.0382. The van der Waals surface area contributed by atoms with E-state index >= 15 is 0 Å². The molecule has 0 radical (unpaired) electrons. The summed E-state index contributed by atoms with van der Waals surface area (Å²) in [5.74, 6) is -4.61. The Balaban J connectivity index is 2.50. The number of alkyl halides is 3. The Kier molecular flexibility index (Phi) is 4.17. The van der Waals surface area contributed by atoms with Crippen LogP contribution in [0.1, 0.15) is 22.3 Å². The number of nitro groups is 1. The molecule has 10 heteroatoms. The van der Waals surface area contributed by atoms with Crippen LogP contribution in [0.2, 0.25) is 0 Å². The lowest BCUT2D eigenvalue weighted by molar-refractivity contribution is -0.385.